The normalized spacial score (nSPS) is 10.9. The van der Waals surface area contributed by atoms with E-state index in [1.807, 2.05) is 19.9 Å². The standard InChI is InChI=1S/C13H14OS.C2H6/c1-13(2,3)11-6-4-5-9-7-10(8-14)15-12(9)11;1-2/h4-8H,1-3H3;1-2H3. The van der Waals surface area contributed by atoms with E-state index in [0.717, 1.165) is 11.2 Å². The van der Waals surface area contributed by atoms with Crippen molar-refractivity contribution in [2.45, 2.75) is 40.0 Å². The van der Waals surface area contributed by atoms with Crippen LogP contribution in [-0.2, 0) is 5.41 Å². The van der Waals surface area contributed by atoms with Crippen molar-refractivity contribution in [2.24, 2.45) is 0 Å². The second-order valence-electron chi connectivity index (χ2n) is 4.74. The predicted molar refractivity (Wildman–Crippen MR) is 77.3 cm³/mol. The molecule has 2 heteroatoms. The van der Waals surface area contributed by atoms with Gasteiger partial charge in [-0.2, -0.15) is 0 Å². The van der Waals surface area contributed by atoms with E-state index in [9.17, 15) is 4.79 Å². The number of hydrogen-bond donors (Lipinski definition) is 0. The van der Waals surface area contributed by atoms with Crippen LogP contribution < -0.4 is 0 Å². The van der Waals surface area contributed by atoms with Gasteiger partial charge in [0.2, 0.25) is 0 Å². The smallest absolute Gasteiger partial charge is 0.160 e. The van der Waals surface area contributed by atoms with Crippen LogP contribution >= 0.6 is 11.3 Å². The summed E-state index contributed by atoms with van der Waals surface area (Å²) in [7, 11) is 0. The van der Waals surface area contributed by atoms with Crippen molar-refractivity contribution in [1.29, 1.82) is 0 Å². The zero-order valence-corrected chi connectivity index (χ0v) is 12.0. The molecule has 0 bridgehead atoms. The third-order valence-corrected chi connectivity index (χ3v) is 3.60. The molecule has 92 valence electrons. The first-order valence-electron chi connectivity index (χ1n) is 6.00. The van der Waals surface area contributed by atoms with Gasteiger partial charge < -0.3 is 0 Å². The fraction of sp³-hybridized carbons (Fsp3) is 0.400. The molecule has 2 aromatic rings. The summed E-state index contributed by atoms with van der Waals surface area (Å²) in [6, 6.07) is 8.23. The van der Waals surface area contributed by atoms with Crippen molar-refractivity contribution in [1.82, 2.24) is 0 Å². The maximum absolute atomic E-state index is 10.7. The van der Waals surface area contributed by atoms with E-state index in [0.29, 0.717) is 0 Å². The fourth-order valence-corrected chi connectivity index (χ4v) is 2.93. The summed E-state index contributed by atoms with van der Waals surface area (Å²) in [6.45, 7) is 10.6. The highest BCUT2D eigenvalue weighted by molar-refractivity contribution is 7.20. The molecule has 0 saturated carbocycles. The maximum Gasteiger partial charge on any atom is 0.160 e. The van der Waals surface area contributed by atoms with Gasteiger partial charge >= 0.3 is 0 Å². The molecule has 0 N–H and O–H groups in total. The van der Waals surface area contributed by atoms with Crippen LogP contribution in [0, 0.1) is 0 Å². The number of aldehydes is 1. The second kappa shape index (κ2) is 5.46. The van der Waals surface area contributed by atoms with Gasteiger partial charge in [0.05, 0.1) is 4.88 Å². The molecule has 0 aliphatic rings. The van der Waals surface area contributed by atoms with Crippen LogP contribution in [0.1, 0.15) is 49.9 Å². The molecule has 0 aliphatic carbocycles. The lowest BCUT2D eigenvalue weighted by Gasteiger charge is -2.19. The highest BCUT2D eigenvalue weighted by atomic mass is 32.1. The lowest BCUT2D eigenvalue weighted by Crippen LogP contribution is -2.10. The van der Waals surface area contributed by atoms with E-state index in [2.05, 4.69) is 39.0 Å². The minimum Gasteiger partial charge on any atom is -0.297 e. The topological polar surface area (TPSA) is 17.1 Å². The Kier molecular flexibility index (Phi) is 4.47. The van der Waals surface area contributed by atoms with Crippen molar-refractivity contribution in [2.75, 3.05) is 0 Å². The van der Waals surface area contributed by atoms with Crippen LogP contribution in [0.5, 0.6) is 0 Å². The lowest BCUT2D eigenvalue weighted by atomic mass is 9.86. The van der Waals surface area contributed by atoms with E-state index < -0.39 is 0 Å². The number of carbonyl (C=O) groups excluding carboxylic acids is 1. The van der Waals surface area contributed by atoms with Gasteiger partial charge in [-0.3, -0.25) is 4.79 Å². The Hall–Kier alpha value is -1.15. The lowest BCUT2D eigenvalue weighted by molar-refractivity contribution is 0.112. The Bertz CT molecular complexity index is 503. The largest absolute Gasteiger partial charge is 0.297 e. The molecular weight excluding hydrogens is 228 g/mol. The summed E-state index contributed by atoms with van der Waals surface area (Å²) in [6.07, 6.45) is 0.928. The van der Waals surface area contributed by atoms with Crippen molar-refractivity contribution >= 4 is 27.7 Å². The number of rotatable bonds is 1. The average molecular weight is 248 g/mol. The van der Waals surface area contributed by atoms with Crippen LogP contribution in [0.4, 0.5) is 0 Å². The van der Waals surface area contributed by atoms with Gasteiger partial charge in [-0.25, -0.2) is 0 Å². The van der Waals surface area contributed by atoms with E-state index >= 15 is 0 Å². The van der Waals surface area contributed by atoms with Gasteiger partial charge in [-0.15, -0.1) is 11.3 Å². The molecule has 1 aromatic heterocycles. The molecule has 0 atom stereocenters. The fourth-order valence-electron chi connectivity index (χ4n) is 1.73. The molecule has 0 amide bonds. The van der Waals surface area contributed by atoms with Crippen LogP contribution in [0.2, 0.25) is 0 Å². The van der Waals surface area contributed by atoms with Gasteiger partial charge in [-0.05, 0) is 22.4 Å². The van der Waals surface area contributed by atoms with Crippen LogP contribution in [0.3, 0.4) is 0 Å². The molecule has 1 heterocycles. The Morgan fingerprint density at radius 2 is 1.82 bits per heavy atom. The summed E-state index contributed by atoms with van der Waals surface area (Å²) in [4.78, 5) is 11.6. The minimum atomic E-state index is 0.129. The number of hydrogen-bond acceptors (Lipinski definition) is 2. The number of fused-ring (bicyclic) bond motifs is 1. The Morgan fingerprint density at radius 3 is 2.35 bits per heavy atom. The first kappa shape index (κ1) is 13.9. The molecule has 2 rings (SSSR count). The van der Waals surface area contributed by atoms with Gasteiger partial charge in [0.15, 0.2) is 6.29 Å². The summed E-state index contributed by atoms with van der Waals surface area (Å²) < 4.78 is 1.24. The van der Waals surface area contributed by atoms with Crippen molar-refractivity contribution in [3.63, 3.8) is 0 Å². The first-order chi connectivity index (χ1) is 8.02. The Morgan fingerprint density at radius 1 is 1.18 bits per heavy atom. The van der Waals surface area contributed by atoms with Gasteiger partial charge in [0.1, 0.15) is 0 Å². The monoisotopic (exact) mass is 248 g/mol. The minimum absolute atomic E-state index is 0.129. The molecule has 0 saturated heterocycles. The summed E-state index contributed by atoms with van der Waals surface area (Å²) >= 11 is 1.58. The van der Waals surface area contributed by atoms with Crippen LogP contribution in [0.25, 0.3) is 10.1 Å². The average Bonchev–Trinajstić information content (AvgIpc) is 2.72. The number of carbonyl (C=O) groups is 1. The number of thiophene rings is 1. The highest BCUT2D eigenvalue weighted by Crippen LogP contribution is 2.34. The van der Waals surface area contributed by atoms with Crippen molar-refractivity contribution in [3.8, 4) is 0 Å². The van der Waals surface area contributed by atoms with E-state index in [-0.39, 0.29) is 5.41 Å². The number of benzene rings is 1. The van der Waals surface area contributed by atoms with Crippen molar-refractivity contribution in [3.05, 3.63) is 34.7 Å². The molecular formula is C15H20OS. The maximum atomic E-state index is 10.7. The first-order valence-corrected chi connectivity index (χ1v) is 6.82. The SMILES string of the molecule is CC.CC(C)(C)c1cccc2cc(C=O)sc12. The molecule has 1 aromatic carbocycles. The highest BCUT2D eigenvalue weighted by Gasteiger charge is 2.17. The van der Waals surface area contributed by atoms with E-state index in [4.69, 9.17) is 0 Å². The summed E-state index contributed by atoms with van der Waals surface area (Å²) in [5, 5.41) is 1.18. The van der Waals surface area contributed by atoms with Gasteiger partial charge in [-0.1, -0.05) is 52.8 Å². The molecule has 0 radical (unpaired) electrons. The van der Waals surface area contributed by atoms with E-state index in [1.54, 1.807) is 11.3 Å². The van der Waals surface area contributed by atoms with Crippen LogP contribution in [0.15, 0.2) is 24.3 Å². The molecule has 0 spiro atoms. The predicted octanol–water partition coefficient (Wildman–Crippen LogP) is 5.04. The third kappa shape index (κ3) is 2.95. The Labute approximate surface area is 107 Å². The van der Waals surface area contributed by atoms with Gasteiger partial charge in [0, 0.05) is 4.70 Å². The quantitative estimate of drug-likeness (QED) is 0.646. The zero-order chi connectivity index (χ0) is 13.1. The molecule has 0 fully saturated rings. The summed E-state index contributed by atoms with van der Waals surface area (Å²) in [5.74, 6) is 0. The molecule has 0 unspecified atom stereocenters. The van der Waals surface area contributed by atoms with Crippen LogP contribution in [-0.4, -0.2) is 6.29 Å². The molecule has 17 heavy (non-hydrogen) atoms. The van der Waals surface area contributed by atoms with Crippen molar-refractivity contribution < 1.29 is 4.79 Å². The summed E-state index contributed by atoms with van der Waals surface area (Å²) in [5.41, 5.74) is 1.45. The zero-order valence-electron chi connectivity index (χ0n) is 11.2. The Balaban J connectivity index is 0.000000686. The van der Waals surface area contributed by atoms with Gasteiger partial charge in [0.25, 0.3) is 0 Å². The molecule has 0 aliphatic heterocycles. The third-order valence-electron chi connectivity index (χ3n) is 2.49. The second-order valence-corrected chi connectivity index (χ2v) is 5.82. The molecule has 1 nitrogen and oxygen atoms in total. The van der Waals surface area contributed by atoms with E-state index in [1.165, 1.54) is 15.6 Å².